The number of hydrogen-bond acceptors (Lipinski definition) is 3. The summed E-state index contributed by atoms with van der Waals surface area (Å²) >= 11 is 6.13. The van der Waals surface area contributed by atoms with Gasteiger partial charge in [0.15, 0.2) is 5.58 Å². The first-order valence-electron chi connectivity index (χ1n) is 8.12. The molecule has 0 saturated carbocycles. The lowest BCUT2D eigenvalue weighted by atomic mass is 10.2. The molecule has 0 aliphatic heterocycles. The van der Waals surface area contributed by atoms with Crippen molar-refractivity contribution < 1.29 is 9.21 Å². The first-order valence-corrected chi connectivity index (χ1v) is 8.50. The maximum absolute atomic E-state index is 12.3. The molecule has 5 nitrogen and oxygen atoms in total. The number of nitrogens with zero attached hydrogens (tertiary/aromatic N) is 2. The van der Waals surface area contributed by atoms with Crippen LogP contribution in [-0.2, 0) is 17.9 Å². The Labute approximate surface area is 150 Å². The minimum Gasteiger partial charge on any atom is -0.408 e. The van der Waals surface area contributed by atoms with Gasteiger partial charge in [-0.15, -0.1) is 0 Å². The Balaban J connectivity index is 1.58. The third kappa shape index (κ3) is 3.94. The monoisotopic (exact) mass is 358 g/mol. The van der Waals surface area contributed by atoms with Crippen molar-refractivity contribution in [3.8, 4) is 0 Å². The molecule has 0 fully saturated rings. The third-order valence-electron chi connectivity index (χ3n) is 4.14. The number of rotatable bonds is 6. The van der Waals surface area contributed by atoms with E-state index in [1.807, 2.05) is 42.5 Å². The molecule has 1 amide bonds. The number of amides is 1. The second-order valence-corrected chi connectivity index (χ2v) is 6.34. The number of benzene rings is 2. The summed E-state index contributed by atoms with van der Waals surface area (Å²) in [6.45, 7) is 0.911. The van der Waals surface area contributed by atoms with E-state index in [9.17, 15) is 9.59 Å². The Morgan fingerprint density at radius 2 is 1.88 bits per heavy atom. The number of oxazole rings is 1. The van der Waals surface area contributed by atoms with Crippen LogP contribution in [0.15, 0.2) is 57.7 Å². The molecule has 130 valence electrons. The van der Waals surface area contributed by atoms with E-state index in [2.05, 4.69) is 0 Å². The van der Waals surface area contributed by atoms with Crippen molar-refractivity contribution in [3.05, 3.63) is 69.7 Å². The minimum absolute atomic E-state index is 0.0146. The zero-order valence-electron chi connectivity index (χ0n) is 13.9. The first kappa shape index (κ1) is 17.3. The predicted molar refractivity (Wildman–Crippen MR) is 97.6 cm³/mol. The maximum atomic E-state index is 12.3. The Hall–Kier alpha value is -2.53. The fraction of sp³-hybridized carbons (Fsp3) is 0.263. The van der Waals surface area contributed by atoms with Crippen LogP contribution in [0, 0.1) is 0 Å². The summed E-state index contributed by atoms with van der Waals surface area (Å²) in [5.74, 6) is -0.376. The van der Waals surface area contributed by atoms with Crippen LogP contribution < -0.4 is 5.76 Å². The lowest BCUT2D eigenvalue weighted by Gasteiger charge is -2.18. The molecule has 0 bridgehead atoms. The largest absolute Gasteiger partial charge is 0.419 e. The van der Waals surface area contributed by atoms with Gasteiger partial charge in [0.2, 0.25) is 5.91 Å². The van der Waals surface area contributed by atoms with Gasteiger partial charge in [-0.25, -0.2) is 4.79 Å². The number of para-hydroxylation sites is 2. The minimum atomic E-state index is -0.391. The molecule has 3 rings (SSSR count). The quantitative estimate of drug-likeness (QED) is 0.675. The van der Waals surface area contributed by atoms with Crippen LogP contribution in [0.25, 0.3) is 11.1 Å². The molecule has 0 saturated heterocycles. The molecular weight excluding hydrogens is 340 g/mol. The summed E-state index contributed by atoms with van der Waals surface area (Å²) in [4.78, 5) is 25.9. The molecule has 0 atom stereocenters. The second-order valence-electron chi connectivity index (χ2n) is 5.93. The van der Waals surface area contributed by atoms with E-state index in [0.29, 0.717) is 36.5 Å². The Bertz CT molecular complexity index is 945. The molecule has 2 aromatic carbocycles. The van der Waals surface area contributed by atoms with Crippen molar-refractivity contribution in [1.82, 2.24) is 9.47 Å². The molecule has 25 heavy (non-hydrogen) atoms. The number of aromatic nitrogens is 1. The van der Waals surface area contributed by atoms with Gasteiger partial charge in [0.1, 0.15) is 0 Å². The summed E-state index contributed by atoms with van der Waals surface area (Å²) < 4.78 is 6.76. The molecule has 3 aromatic rings. The van der Waals surface area contributed by atoms with Gasteiger partial charge in [0.05, 0.1) is 5.52 Å². The van der Waals surface area contributed by atoms with Crippen LogP contribution >= 0.6 is 11.6 Å². The number of halogens is 1. The van der Waals surface area contributed by atoms with Gasteiger partial charge in [-0.3, -0.25) is 9.36 Å². The van der Waals surface area contributed by atoms with E-state index in [1.165, 1.54) is 0 Å². The molecular formula is C19H19ClN2O3. The fourth-order valence-electron chi connectivity index (χ4n) is 2.78. The standard InChI is InChI=1S/C19H19ClN2O3/c1-21(13-14-7-2-3-8-15(14)20)18(23)11-6-12-22-16-9-4-5-10-17(16)25-19(22)24/h2-5,7-10H,6,11-13H2,1H3. The summed E-state index contributed by atoms with van der Waals surface area (Å²) in [6.07, 6.45) is 0.919. The smallest absolute Gasteiger partial charge is 0.408 e. The van der Waals surface area contributed by atoms with E-state index >= 15 is 0 Å². The van der Waals surface area contributed by atoms with Gasteiger partial charge in [-0.2, -0.15) is 0 Å². The SMILES string of the molecule is CN(Cc1ccccc1Cl)C(=O)CCCn1c(=O)oc2ccccc21. The maximum Gasteiger partial charge on any atom is 0.419 e. The van der Waals surface area contributed by atoms with Crippen molar-refractivity contribution >= 4 is 28.6 Å². The van der Waals surface area contributed by atoms with Gasteiger partial charge >= 0.3 is 5.76 Å². The zero-order chi connectivity index (χ0) is 17.8. The summed E-state index contributed by atoms with van der Waals surface area (Å²) in [7, 11) is 1.76. The Morgan fingerprint density at radius 3 is 2.68 bits per heavy atom. The van der Waals surface area contributed by atoms with Gasteiger partial charge in [-0.1, -0.05) is 41.9 Å². The van der Waals surface area contributed by atoms with E-state index < -0.39 is 5.76 Å². The van der Waals surface area contributed by atoms with E-state index in [1.54, 1.807) is 22.6 Å². The summed E-state index contributed by atoms with van der Waals surface area (Å²) in [6, 6.07) is 14.8. The molecule has 0 aliphatic carbocycles. The lowest BCUT2D eigenvalue weighted by molar-refractivity contribution is -0.130. The number of carbonyl (C=O) groups excluding carboxylic acids is 1. The molecule has 1 heterocycles. The topological polar surface area (TPSA) is 55.5 Å². The number of fused-ring (bicyclic) bond motifs is 1. The first-order chi connectivity index (χ1) is 12.1. The van der Waals surface area contributed by atoms with E-state index in [-0.39, 0.29) is 5.91 Å². The summed E-state index contributed by atoms with van der Waals surface area (Å²) in [5, 5.41) is 0.651. The number of carbonyl (C=O) groups is 1. The lowest BCUT2D eigenvalue weighted by Crippen LogP contribution is -2.26. The van der Waals surface area contributed by atoms with Gasteiger partial charge < -0.3 is 9.32 Å². The van der Waals surface area contributed by atoms with Gasteiger partial charge in [-0.05, 0) is 30.2 Å². The van der Waals surface area contributed by atoms with Crippen molar-refractivity contribution in [3.63, 3.8) is 0 Å². The zero-order valence-corrected chi connectivity index (χ0v) is 14.7. The Kier molecular flexibility index (Phi) is 5.24. The average Bonchev–Trinajstić information content (AvgIpc) is 2.92. The molecule has 6 heteroatoms. The molecule has 0 unspecified atom stereocenters. The van der Waals surface area contributed by atoms with Crippen molar-refractivity contribution in [2.24, 2.45) is 0 Å². The second kappa shape index (κ2) is 7.57. The van der Waals surface area contributed by atoms with Crippen LogP contribution in [-0.4, -0.2) is 22.4 Å². The van der Waals surface area contributed by atoms with Crippen LogP contribution in [0.4, 0.5) is 0 Å². The predicted octanol–water partition coefficient (Wildman–Crippen LogP) is 3.69. The highest BCUT2D eigenvalue weighted by molar-refractivity contribution is 6.31. The fourth-order valence-corrected chi connectivity index (χ4v) is 2.97. The van der Waals surface area contributed by atoms with Gasteiger partial charge in [0, 0.05) is 31.6 Å². The van der Waals surface area contributed by atoms with Crippen molar-refractivity contribution in [2.75, 3.05) is 7.05 Å². The highest BCUT2D eigenvalue weighted by atomic mass is 35.5. The number of aryl methyl sites for hydroxylation is 1. The van der Waals surface area contributed by atoms with Crippen LogP contribution in [0.5, 0.6) is 0 Å². The number of hydrogen-bond donors (Lipinski definition) is 0. The normalized spacial score (nSPS) is 11.0. The van der Waals surface area contributed by atoms with Crippen molar-refractivity contribution in [2.45, 2.75) is 25.9 Å². The van der Waals surface area contributed by atoms with E-state index in [4.69, 9.17) is 16.0 Å². The summed E-state index contributed by atoms with van der Waals surface area (Å²) in [5.41, 5.74) is 2.23. The van der Waals surface area contributed by atoms with Crippen LogP contribution in [0.3, 0.4) is 0 Å². The van der Waals surface area contributed by atoms with Crippen LogP contribution in [0.2, 0.25) is 5.02 Å². The van der Waals surface area contributed by atoms with E-state index in [0.717, 1.165) is 11.1 Å². The third-order valence-corrected chi connectivity index (χ3v) is 4.51. The molecule has 0 N–H and O–H groups in total. The van der Waals surface area contributed by atoms with Gasteiger partial charge in [0.25, 0.3) is 0 Å². The van der Waals surface area contributed by atoms with Crippen molar-refractivity contribution in [1.29, 1.82) is 0 Å². The Morgan fingerprint density at radius 1 is 1.16 bits per heavy atom. The highest BCUT2D eigenvalue weighted by Crippen LogP contribution is 2.17. The molecule has 1 aromatic heterocycles. The highest BCUT2D eigenvalue weighted by Gasteiger charge is 2.12. The molecule has 0 radical (unpaired) electrons. The average molecular weight is 359 g/mol. The molecule has 0 aliphatic rings. The molecule has 0 spiro atoms. The van der Waals surface area contributed by atoms with Crippen LogP contribution in [0.1, 0.15) is 18.4 Å².